The van der Waals surface area contributed by atoms with Crippen molar-refractivity contribution < 1.29 is 0 Å². The van der Waals surface area contributed by atoms with Crippen LogP contribution < -0.4 is 22.1 Å². The molecule has 6 N–H and O–H groups in total. The highest BCUT2D eigenvalue weighted by Gasteiger charge is 2.21. The standard InChI is InChI=1S/C9H15N5/c10-6-1-2-14(5-6)9-8(12)3-7(11)4-13-9/h3-4,6H,1-2,5,10-12H2. The van der Waals surface area contributed by atoms with Crippen molar-refractivity contribution in [1.82, 2.24) is 4.98 Å². The normalized spacial score (nSPS) is 21.5. The molecule has 1 aliphatic heterocycles. The number of nitrogens with zero attached hydrogens (tertiary/aromatic N) is 2. The maximum absolute atomic E-state index is 5.82. The van der Waals surface area contributed by atoms with E-state index in [0.29, 0.717) is 11.4 Å². The van der Waals surface area contributed by atoms with E-state index in [1.807, 2.05) is 0 Å². The average molecular weight is 193 g/mol. The number of nitrogen functional groups attached to an aromatic ring is 2. The van der Waals surface area contributed by atoms with E-state index in [-0.39, 0.29) is 6.04 Å². The van der Waals surface area contributed by atoms with Crippen LogP contribution in [-0.2, 0) is 0 Å². The zero-order valence-electron chi connectivity index (χ0n) is 7.98. The van der Waals surface area contributed by atoms with Gasteiger partial charge in [-0.25, -0.2) is 4.98 Å². The summed E-state index contributed by atoms with van der Waals surface area (Å²) in [5.74, 6) is 0.798. The molecule has 76 valence electrons. The molecule has 2 rings (SSSR count). The first-order chi connectivity index (χ1) is 6.66. The third kappa shape index (κ3) is 1.58. The van der Waals surface area contributed by atoms with Gasteiger partial charge in [-0.05, 0) is 12.5 Å². The lowest BCUT2D eigenvalue weighted by Crippen LogP contribution is -2.27. The third-order valence-electron chi connectivity index (χ3n) is 2.44. The summed E-state index contributed by atoms with van der Waals surface area (Å²) in [6.45, 7) is 1.74. The second-order valence-corrected chi connectivity index (χ2v) is 3.68. The number of anilines is 3. The summed E-state index contributed by atoms with van der Waals surface area (Å²) in [5, 5.41) is 0. The van der Waals surface area contributed by atoms with Gasteiger partial charge in [0.15, 0.2) is 5.82 Å². The minimum absolute atomic E-state index is 0.230. The van der Waals surface area contributed by atoms with Gasteiger partial charge in [0.25, 0.3) is 0 Å². The van der Waals surface area contributed by atoms with Gasteiger partial charge in [0.1, 0.15) is 0 Å². The number of pyridine rings is 1. The Morgan fingerprint density at radius 3 is 2.79 bits per heavy atom. The van der Waals surface area contributed by atoms with Crippen LogP contribution in [0.1, 0.15) is 6.42 Å². The Morgan fingerprint density at radius 2 is 2.21 bits per heavy atom. The van der Waals surface area contributed by atoms with Crippen LogP contribution in [0.3, 0.4) is 0 Å². The number of nitrogens with two attached hydrogens (primary N) is 3. The smallest absolute Gasteiger partial charge is 0.151 e. The van der Waals surface area contributed by atoms with E-state index in [1.54, 1.807) is 12.3 Å². The molecule has 0 bridgehead atoms. The zero-order valence-corrected chi connectivity index (χ0v) is 7.98. The van der Waals surface area contributed by atoms with Gasteiger partial charge in [0.05, 0.1) is 17.6 Å². The van der Waals surface area contributed by atoms with Crippen LogP contribution in [0.25, 0.3) is 0 Å². The molecule has 0 spiro atoms. The van der Waals surface area contributed by atoms with Crippen LogP contribution in [0.4, 0.5) is 17.2 Å². The van der Waals surface area contributed by atoms with Crippen LogP contribution in [-0.4, -0.2) is 24.1 Å². The Labute approximate surface area is 82.9 Å². The number of hydrogen-bond donors (Lipinski definition) is 3. The minimum atomic E-state index is 0.230. The summed E-state index contributed by atoms with van der Waals surface area (Å²) in [6, 6.07) is 1.96. The molecule has 1 aromatic rings. The molecule has 0 saturated carbocycles. The third-order valence-corrected chi connectivity index (χ3v) is 2.44. The molecule has 0 radical (unpaired) electrons. The van der Waals surface area contributed by atoms with E-state index in [0.717, 1.165) is 25.3 Å². The fourth-order valence-electron chi connectivity index (χ4n) is 1.74. The van der Waals surface area contributed by atoms with Gasteiger partial charge in [-0.15, -0.1) is 0 Å². The molecular weight excluding hydrogens is 178 g/mol. The number of rotatable bonds is 1. The summed E-state index contributed by atoms with van der Waals surface area (Å²) < 4.78 is 0. The summed E-state index contributed by atoms with van der Waals surface area (Å²) in [7, 11) is 0. The number of hydrogen-bond acceptors (Lipinski definition) is 5. The van der Waals surface area contributed by atoms with Crippen LogP contribution in [0.15, 0.2) is 12.3 Å². The van der Waals surface area contributed by atoms with E-state index in [2.05, 4.69) is 9.88 Å². The fraction of sp³-hybridized carbons (Fsp3) is 0.444. The summed E-state index contributed by atoms with van der Waals surface area (Å²) in [5.41, 5.74) is 18.4. The predicted octanol–water partition coefficient (Wildman–Crippen LogP) is -0.217. The van der Waals surface area contributed by atoms with Crippen molar-refractivity contribution in [2.75, 3.05) is 29.5 Å². The van der Waals surface area contributed by atoms with Crippen LogP contribution in [0, 0.1) is 0 Å². The fourth-order valence-corrected chi connectivity index (χ4v) is 1.74. The van der Waals surface area contributed by atoms with Crippen molar-refractivity contribution in [3.05, 3.63) is 12.3 Å². The lowest BCUT2D eigenvalue weighted by Gasteiger charge is -2.18. The van der Waals surface area contributed by atoms with Crippen molar-refractivity contribution in [2.45, 2.75) is 12.5 Å². The second-order valence-electron chi connectivity index (χ2n) is 3.68. The predicted molar refractivity (Wildman–Crippen MR) is 57.9 cm³/mol. The molecule has 1 unspecified atom stereocenters. The molecule has 5 heteroatoms. The van der Waals surface area contributed by atoms with Gasteiger partial charge < -0.3 is 22.1 Å². The summed E-state index contributed by atoms with van der Waals surface area (Å²) >= 11 is 0. The Kier molecular flexibility index (Phi) is 2.17. The van der Waals surface area contributed by atoms with Crippen molar-refractivity contribution in [3.8, 4) is 0 Å². The minimum Gasteiger partial charge on any atom is -0.397 e. The van der Waals surface area contributed by atoms with Gasteiger partial charge in [-0.3, -0.25) is 0 Å². The summed E-state index contributed by atoms with van der Waals surface area (Å²) in [6.07, 6.45) is 2.61. The molecule has 1 atom stereocenters. The molecular formula is C9H15N5. The molecule has 1 aliphatic rings. The lowest BCUT2D eigenvalue weighted by atomic mass is 10.3. The molecule has 0 amide bonds. The van der Waals surface area contributed by atoms with Gasteiger partial charge in [0.2, 0.25) is 0 Å². The lowest BCUT2D eigenvalue weighted by molar-refractivity contribution is 0.751. The van der Waals surface area contributed by atoms with Crippen LogP contribution in [0.2, 0.25) is 0 Å². The maximum atomic E-state index is 5.82. The first kappa shape index (κ1) is 9.08. The SMILES string of the molecule is Nc1cnc(N2CCC(N)C2)c(N)c1. The molecule has 1 aromatic heterocycles. The maximum Gasteiger partial charge on any atom is 0.151 e. The van der Waals surface area contributed by atoms with Gasteiger partial charge in [0, 0.05) is 19.1 Å². The van der Waals surface area contributed by atoms with E-state index in [4.69, 9.17) is 17.2 Å². The highest BCUT2D eigenvalue weighted by atomic mass is 15.2. The van der Waals surface area contributed by atoms with Gasteiger partial charge in [-0.1, -0.05) is 0 Å². The van der Waals surface area contributed by atoms with Crippen molar-refractivity contribution >= 4 is 17.2 Å². The van der Waals surface area contributed by atoms with E-state index >= 15 is 0 Å². The number of aromatic nitrogens is 1. The molecule has 1 fully saturated rings. The molecule has 5 nitrogen and oxygen atoms in total. The van der Waals surface area contributed by atoms with Crippen molar-refractivity contribution in [2.24, 2.45) is 5.73 Å². The highest BCUT2D eigenvalue weighted by Crippen LogP contribution is 2.24. The van der Waals surface area contributed by atoms with Crippen LogP contribution >= 0.6 is 0 Å². The van der Waals surface area contributed by atoms with E-state index in [9.17, 15) is 0 Å². The topological polar surface area (TPSA) is 94.2 Å². The molecule has 2 heterocycles. The first-order valence-corrected chi connectivity index (χ1v) is 4.68. The quantitative estimate of drug-likeness (QED) is 0.573. The van der Waals surface area contributed by atoms with Crippen molar-refractivity contribution in [1.29, 1.82) is 0 Å². The Hall–Kier alpha value is -1.49. The largest absolute Gasteiger partial charge is 0.397 e. The zero-order chi connectivity index (χ0) is 10.1. The summed E-state index contributed by atoms with van der Waals surface area (Å²) in [4.78, 5) is 6.31. The first-order valence-electron chi connectivity index (χ1n) is 4.68. The molecule has 0 aromatic carbocycles. The van der Waals surface area contributed by atoms with Crippen LogP contribution in [0.5, 0.6) is 0 Å². The average Bonchev–Trinajstić information content (AvgIpc) is 2.51. The molecule has 14 heavy (non-hydrogen) atoms. The second kappa shape index (κ2) is 3.34. The highest BCUT2D eigenvalue weighted by molar-refractivity contribution is 5.67. The Balaban J connectivity index is 2.24. The monoisotopic (exact) mass is 193 g/mol. The Morgan fingerprint density at radius 1 is 1.43 bits per heavy atom. The van der Waals surface area contributed by atoms with Gasteiger partial charge >= 0.3 is 0 Å². The molecule has 0 aliphatic carbocycles. The van der Waals surface area contributed by atoms with E-state index in [1.165, 1.54) is 0 Å². The van der Waals surface area contributed by atoms with Gasteiger partial charge in [-0.2, -0.15) is 0 Å². The van der Waals surface area contributed by atoms with Crippen molar-refractivity contribution in [3.63, 3.8) is 0 Å². The molecule has 1 saturated heterocycles. The van der Waals surface area contributed by atoms with E-state index < -0.39 is 0 Å². The Bertz CT molecular complexity index is 338.